The molecule has 10 heteroatoms. The van der Waals surface area contributed by atoms with Crippen LogP contribution < -0.4 is 16.0 Å². The fourth-order valence-corrected chi connectivity index (χ4v) is 4.00. The number of carbonyl (C=O) groups is 3. The van der Waals surface area contributed by atoms with Gasteiger partial charge in [-0.2, -0.15) is 10.2 Å². The lowest BCUT2D eigenvalue weighted by molar-refractivity contribution is -0.110. The Kier molecular flexibility index (Phi) is 5.91. The quantitative estimate of drug-likeness (QED) is 0.234. The predicted octanol–water partition coefficient (Wildman–Crippen LogP) is 3.82. The molecule has 180 valence electrons. The number of fused-ring (bicyclic) bond motifs is 1. The van der Waals surface area contributed by atoms with E-state index in [0.717, 1.165) is 5.69 Å². The molecule has 3 heterocycles. The predicted molar refractivity (Wildman–Crippen MR) is 136 cm³/mol. The summed E-state index contributed by atoms with van der Waals surface area (Å²) in [6.07, 6.45) is 3.23. The lowest BCUT2D eigenvalue weighted by Crippen LogP contribution is -2.17. The number of aromatic nitrogens is 4. The third-order valence-corrected chi connectivity index (χ3v) is 5.77. The van der Waals surface area contributed by atoms with Crippen molar-refractivity contribution < 1.29 is 14.4 Å². The van der Waals surface area contributed by atoms with E-state index >= 15 is 0 Å². The Labute approximate surface area is 206 Å². The van der Waals surface area contributed by atoms with Crippen LogP contribution in [0.5, 0.6) is 0 Å². The minimum Gasteiger partial charge on any atom is -0.344 e. The number of nitrogens with one attached hydrogen (secondary N) is 4. The standard InChI is InChI=1S/C26H23N7O3/c1-3-33-22(12-15(2)32-33)26(36)29-18-7-4-16(5-8-18)24(34)17-6-9-21-19(13-17)20(25(35)30-21)14-27-23-10-11-28-31-23/h4-14H,3H2,1-2H3,(H,29,36)(H,30,35)(H2,27,28,31)/b20-14-. The Balaban J connectivity index is 1.33. The first-order valence-electron chi connectivity index (χ1n) is 11.4. The summed E-state index contributed by atoms with van der Waals surface area (Å²) in [5.41, 5.74) is 4.37. The van der Waals surface area contributed by atoms with E-state index in [0.29, 0.717) is 51.7 Å². The van der Waals surface area contributed by atoms with Crippen molar-refractivity contribution in [1.29, 1.82) is 0 Å². The van der Waals surface area contributed by atoms with Gasteiger partial charge in [-0.1, -0.05) is 0 Å². The minimum atomic E-state index is -0.268. The number of hydrogen-bond acceptors (Lipinski definition) is 6. The van der Waals surface area contributed by atoms with Crippen molar-refractivity contribution >= 4 is 40.4 Å². The largest absolute Gasteiger partial charge is 0.344 e. The number of H-pyrrole nitrogens is 1. The van der Waals surface area contributed by atoms with Gasteiger partial charge in [0.2, 0.25) is 0 Å². The van der Waals surface area contributed by atoms with Crippen LogP contribution in [0.4, 0.5) is 17.2 Å². The normalized spacial score (nSPS) is 13.4. The summed E-state index contributed by atoms with van der Waals surface area (Å²) in [5.74, 6) is -0.167. The van der Waals surface area contributed by atoms with Gasteiger partial charge in [-0.05, 0) is 62.4 Å². The molecule has 10 nitrogen and oxygen atoms in total. The molecule has 0 atom stereocenters. The Morgan fingerprint density at radius 2 is 1.83 bits per heavy atom. The highest BCUT2D eigenvalue weighted by Crippen LogP contribution is 2.33. The highest BCUT2D eigenvalue weighted by Gasteiger charge is 2.25. The second kappa shape index (κ2) is 9.34. The first-order chi connectivity index (χ1) is 17.4. The van der Waals surface area contributed by atoms with E-state index in [2.05, 4.69) is 31.2 Å². The van der Waals surface area contributed by atoms with Crippen LogP contribution in [0, 0.1) is 6.92 Å². The van der Waals surface area contributed by atoms with E-state index in [9.17, 15) is 14.4 Å². The molecule has 36 heavy (non-hydrogen) atoms. The average Bonchev–Trinajstić information content (AvgIpc) is 3.61. The number of hydrogen-bond donors (Lipinski definition) is 4. The van der Waals surface area contributed by atoms with Crippen LogP contribution in [0.1, 0.15) is 44.6 Å². The topological polar surface area (TPSA) is 134 Å². The molecule has 0 spiro atoms. The molecule has 0 bridgehead atoms. The van der Waals surface area contributed by atoms with Crippen molar-refractivity contribution in [1.82, 2.24) is 20.0 Å². The zero-order chi connectivity index (χ0) is 25.2. The van der Waals surface area contributed by atoms with Crippen molar-refractivity contribution in [3.05, 3.63) is 95.1 Å². The maximum absolute atomic E-state index is 13.2. The van der Waals surface area contributed by atoms with Gasteiger partial charge < -0.3 is 16.0 Å². The van der Waals surface area contributed by atoms with Crippen molar-refractivity contribution in [2.75, 3.05) is 16.0 Å². The molecule has 4 aromatic rings. The summed E-state index contributed by atoms with van der Waals surface area (Å²) in [7, 11) is 0. The Bertz CT molecular complexity index is 1500. The van der Waals surface area contributed by atoms with Crippen LogP contribution in [0.2, 0.25) is 0 Å². The fourth-order valence-electron chi connectivity index (χ4n) is 4.00. The molecule has 0 fully saturated rings. The number of aromatic amines is 1. The molecule has 0 saturated heterocycles. The lowest BCUT2D eigenvalue weighted by Gasteiger charge is -2.08. The maximum Gasteiger partial charge on any atom is 0.273 e. The maximum atomic E-state index is 13.2. The van der Waals surface area contributed by atoms with Crippen LogP contribution in [0.25, 0.3) is 5.57 Å². The van der Waals surface area contributed by atoms with E-state index in [1.165, 1.54) is 0 Å². The van der Waals surface area contributed by atoms with Crippen molar-refractivity contribution in [3.8, 4) is 0 Å². The van der Waals surface area contributed by atoms with E-state index in [1.54, 1.807) is 71.7 Å². The number of ketones is 1. The molecule has 5 rings (SSSR count). The van der Waals surface area contributed by atoms with Gasteiger partial charge in [-0.15, -0.1) is 0 Å². The molecule has 4 N–H and O–H groups in total. The summed E-state index contributed by atoms with van der Waals surface area (Å²) in [6, 6.07) is 15.2. The van der Waals surface area contributed by atoms with E-state index in [-0.39, 0.29) is 17.6 Å². The third-order valence-electron chi connectivity index (χ3n) is 5.77. The number of anilines is 3. The number of benzene rings is 2. The van der Waals surface area contributed by atoms with Crippen LogP contribution in [0.3, 0.4) is 0 Å². The lowest BCUT2D eigenvalue weighted by atomic mass is 9.98. The Morgan fingerprint density at radius 3 is 2.56 bits per heavy atom. The van der Waals surface area contributed by atoms with E-state index in [1.807, 2.05) is 13.8 Å². The highest BCUT2D eigenvalue weighted by atomic mass is 16.2. The second-order valence-corrected chi connectivity index (χ2v) is 8.22. The molecule has 2 amide bonds. The number of aryl methyl sites for hydroxylation is 2. The van der Waals surface area contributed by atoms with Crippen molar-refractivity contribution in [3.63, 3.8) is 0 Å². The molecule has 1 aliphatic rings. The molecular formula is C26H23N7O3. The summed E-state index contributed by atoms with van der Waals surface area (Å²) in [6.45, 7) is 4.34. The zero-order valence-electron chi connectivity index (χ0n) is 19.6. The van der Waals surface area contributed by atoms with E-state index in [4.69, 9.17) is 0 Å². The summed E-state index contributed by atoms with van der Waals surface area (Å²) in [4.78, 5) is 38.3. The molecule has 1 aliphatic heterocycles. The van der Waals surface area contributed by atoms with Gasteiger partial charge in [0, 0.05) is 53.1 Å². The number of nitrogens with zero attached hydrogens (tertiary/aromatic N) is 3. The van der Waals surface area contributed by atoms with Crippen LogP contribution >= 0.6 is 0 Å². The SMILES string of the molecule is CCn1nc(C)cc1C(=O)Nc1ccc(C(=O)c2ccc3c(c2)/C(=C/Nc2cc[nH]n2)C(=O)N3)cc1. The van der Waals surface area contributed by atoms with E-state index < -0.39 is 0 Å². The van der Waals surface area contributed by atoms with Crippen LogP contribution in [-0.2, 0) is 11.3 Å². The van der Waals surface area contributed by atoms with Gasteiger partial charge in [0.1, 0.15) is 5.69 Å². The van der Waals surface area contributed by atoms with Crippen LogP contribution in [0.15, 0.2) is 67.0 Å². The number of rotatable bonds is 7. The molecule has 0 radical (unpaired) electrons. The molecule has 0 aliphatic carbocycles. The average molecular weight is 482 g/mol. The van der Waals surface area contributed by atoms with Crippen molar-refractivity contribution in [2.24, 2.45) is 0 Å². The van der Waals surface area contributed by atoms with Gasteiger partial charge in [-0.3, -0.25) is 24.2 Å². The Hall–Kier alpha value is -4.99. The van der Waals surface area contributed by atoms with Gasteiger partial charge in [0.25, 0.3) is 11.8 Å². The molecule has 0 unspecified atom stereocenters. The highest BCUT2D eigenvalue weighted by molar-refractivity contribution is 6.32. The molecular weight excluding hydrogens is 458 g/mol. The number of amides is 2. The van der Waals surface area contributed by atoms with Gasteiger partial charge in [-0.25, -0.2) is 0 Å². The summed E-state index contributed by atoms with van der Waals surface area (Å²) >= 11 is 0. The van der Waals surface area contributed by atoms with Crippen molar-refractivity contribution in [2.45, 2.75) is 20.4 Å². The van der Waals surface area contributed by atoms with Crippen LogP contribution in [-0.4, -0.2) is 37.6 Å². The van der Waals surface area contributed by atoms with Gasteiger partial charge in [0.05, 0.1) is 11.3 Å². The van der Waals surface area contributed by atoms with Gasteiger partial charge >= 0.3 is 0 Å². The second-order valence-electron chi connectivity index (χ2n) is 8.22. The molecule has 2 aromatic heterocycles. The number of carbonyl (C=O) groups excluding carboxylic acids is 3. The minimum absolute atomic E-state index is 0.200. The third kappa shape index (κ3) is 4.39. The molecule has 2 aromatic carbocycles. The smallest absolute Gasteiger partial charge is 0.273 e. The monoisotopic (exact) mass is 481 g/mol. The summed E-state index contributed by atoms with van der Waals surface area (Å²) < 4.78 is 1.64. The zero-order valence-corrected chi connectivity index (χ0v) is 19.6. The first-order valence-corrected chi connectivity index (χ1v) is 11.4. The molecule has 0 saturated carbocycles. The summed E-state index contributed by atoms with van der Waals surface area (Å²) in [5, 5.41) is 19.6. The van der Waals surface area contributed by atoms with Gasteiger partial charge in [0.15, 0.2) is 11.6 Å². The first kappa shape index (κ1) is 22.8. The fraction of sp³-hybridized carbons (Fsp3) is 0.115. The Morgan fingerprint density at radius 1 is 1.06 bits per heavy atom.